The molecule has 1 saturated carbocycles. The molecule has 1 fully saturated rings. The molecule has 1 heterocycles. The minimum atomic E-state index is 0.259. The van der Waals surface area contributed by atoms with Crippen LogP contribution >= 0.6 is 0 Å². The van der Waals surface area contributed by atoms with E-state index in [0.717, 1.165) is 12.5 Å². The van der Waals surface area contributed by atoms with E-state index < -0.39 is 0 Å². The van der Waals surface area contributed by atoms with Crippen LogP contribution in [0.2, 0.25) is 0 Å². The van der Waals surface area contributed by atoms with E-state index in [1.165, 1.54) is 49.1 Å². The monoisotopic (exact) mass is 291 g/mol. The van der Waals surface area contributed by atoms with E-state index in [9.17, 15) is 0 Å². The number of allylic oxidation sites excluding steroid dienone is 3. The summed E-state index contributed by atoms with van der Waals surface area (Å²) in [5, 5.41) is 2.64. The molecule has 4 rings (SSSR count). The third kappa shape index (κ3) is 2.10. The van der Waals surface area contributed by atoms with E-state index in [0.29, 0.717) is 0 Å². The van der Waals surface area contributed by atoms with Gasteiger partial charge in [-0.3, -0.25) is 4.99 Å². The highest BCUT2D eigenvalue weighted by atomic mass is 14.7. The van der Waals surface area contributed by atoms with Crippen LogP contribution in [-0.4, -0.2) is 6.54 Å². The lowest BCUT2D eigenvalue weighted by Crippen LogP contribution is -2.33. The number of hydrogen-bond donors (Lipinski definition) is 0. The molecule has 1 aromatic carbocycles. The minimum absolute atomic E-state index is 0.259. The number of para-hydroxylation sites is 1. The van der Waals surface area contributed by atoms with Gasteiger partial charge in [-0.1, -0.05) is 55.3 Å². The van der Waals surface area contributed by atoms with Gasteiger partial charge in [-0.05, 0) is 54.9 Å². The highest BCUT2D eigenvalue weighted by Crippen LogP contribution is 2.51. The second-order valence-corrected chi connectivity index (χ2v) is 7.07. The summed E-state index contributed by atoms with van der Waals surface area (Å²) in [5.41, 5.74) is 3.49. The highest BCUT2D eigenvalue weighted by Gasteiger charge is 2.40. The van der Waals surface area contributed by atoms with E-state index in [2.05, 4.69) is 49.4 Å². The fourth-order valence-electron chi connectivity index (χ4n) is 4.70. The van der Waals surface area contributed by atoms with Crippen molar-refractivity contribution in [3.63, 3.8) is 0 Å². The van der Waals surface area contributed by atoms with Gasteiger partial charge in [-0.15, -0.1) is 0 Å². The molecule has 1 nitrogen and oxygen atoms in total. The highest BCUT2D eigenvalue weighted by molar-refractivity contribution is 5.61. The summed E-state index contributed by atoms with van der Waals surface area (Å²) < 4.78 is 0. The molecule has 2 unspecified atom stereocenters. The van der Waals surface area contributed by atoms with Crippen LogP contribution < -0.4 is 10.6 Å². The quantitative estimate of drug-likeness (QED) is 0.743. The van der Waals surface area contributed by atoms with Crippen molar-refractivity contribution in [3.05, 3.63) is 58.6 Å². The van der Waals surface area contributed by atoms with Gasteiger partial charge in [0, 0.05) is 5.41 Å². The third-order valence-electron chi connectivity index (χ3n) is 6.10. The molecule has 0 saturated heterocycles. The Morgan fingerprint density at radius 2 is 2.14 bits per heavy atom. The summed E-state index contributed by atoms with van der Waals surface area (Å²) in [7, 11) is 0. The van der Waals surface area contributed by atoms with E-state index >= 15 is 0 Å². The lowest BCUT2D eigenvalue weighted by Gasteiger charge is -2.38. The van der Waals surface area contributed by atoms with Crippen LogP contribution in [0.1, 0.15) is 45.4 Å². The lowest BCUT2D eigenvalue weighted by atomic mass is 9.66. The van der Waals surface area contributed by atoms with Crippen molar-refractivity contribution < 1.29 is 0 Å². The maximum atomic E-state index is 4.94. The Bertz CT molecular complexity index is 752. The van der Waals surface area contributed by atoms with Gasteiger partial charge in [0.25, 0.3) is 0 Å². The Morgan fingerprint density at radius 3 is 3.05 bits per heavy atom. The number of fused-ring (bicyclic) bond motifs is 1. The molecule has 114 valence electrons. The number of hydrogen-bond acceptors (Lipinski definition) is 1. The maximum Gasteiger partial charge on any atom is 0.0650 e. The predicted molar refractivity (Wildman–Crippen MR) is 92.0 cm³/mol. The zero-order valence-electron chi connectivity index (χ0n) is 13.5. The third-order valence-corrected chi connectivity index (χ3v) is 6.10. The number of nitrogens with zero attached hydrogens (tertiary/aromatic N) is 1. The molecule has 1 aliphatic heterocycles. The average Bonchev–Trinajstić information content (AvgIpc) is 2.82. The summed E-state index contributed by atoms with van der Waals surface area (Å²) >= 11 is 0. The molecular formula is C21H25N. The first kappa shape index (κ1) is 14.0. The van der Waals surface area contributed by atoms with Crippen LogP contribution in [0.5, 0.6) is 0 Å². The lowest BCUT2D eigenvalue weighted by molar-refractivity contribution is 0.374. The molecule has 0 radical (unpaired) electrons. The van der Waals surface area contributed by atoms with Gasteiger partial charge >= 0.3 is 0 Å². The largest absolute Gasteiger partial charge is 0.280 e. The van der Waals surface area contributed by atoms with Gasteiger partial charge in [0.05, 0.1) is 11.9 Å². The summed E-state index contributed by atoms with van der Waals surface area (Å²) in [6, 6.07) is 8.82. The van der Waals surface area contributed by atoms with E-state index in [-0.39, 0.29) is 5.41 Å². The molecule has 22 heavy (non-hydrogen) atoms. The molecule has 1 spiro atoms. The molecule has 1 heteroatoms. The van der Waals surface area contributed by atoms with Crippen molar-refractivity contribution >= 4 is 5.57 Å². The zero-order chi connectivity index (χ0) is 15.0. The number of rotatable bonds is 1. The molecule has 3 aliphatic rings. The Labute approximate surface area is 133 Å². The summed E-state index contributed by atoms with van der Waals surface area (Å²) in [5.74, 6) is 0.894. The first-order valence-electron chi connectivity index (χ1n) is 8.83. The molecule has 2 atom stereocenters. The van der Waals surface area contributed by atoms with Crippen molar-refractivity contribution in [2.75, 3.05) is 6.54 Å². The minimum Gasteiger partial charge on any atom is -0.280 e. The van der Waals surface area contributed by atoms with Gasteiger partial charge in [0.2, 0.25) is 0 Å². The topological polar surface area (TPSA) is 12.4 Å². The van der Waals surface area contributed by atoms with Crippen molar-refractivity contribution in [3.8, 4) is 0 Å². The second-order valence-electron chi connectivity index (χ2n) is 7.07. The van der Waals surface area contributed by atoms with Crippen molar-refractivity contribution in [1.82, 2.24) is 0 Å². The van der Waals surface area contributed by atoms with E-state index in [4.69, 9.17) is 4.99 Å². The summed E-state index contributed by atoms with van der Waals surface area (Å²) in [6.45, 7) is 3.23. The van der Waals surface area contributed by atoms with Crippen LogP contribution in [0.15, 0.2) is 53.1 Å². The smallest absolute Gasteiger partial charge is 0.0650 e. The molecular weight excluding hydrogens is 266 g/mol. The summed E-state index contributed by atoms with van der Waals surface area (Å²) in [6.07, 6.45) is 14.7. The molecule has 0 bridgehead atoms. The van der Waals surface area contributed by atoms with E-state index in [1.54, 1.807) is 11.1 Å². The van der Waals surface area contributed by atoms with Gasteiger partial charge < -0.3 is 0 Å². The summed E-state index contributed by atoms with van der Waals surface area (Å²) in [4.78, 5) is 4.94. The molecule has 2 aliphatic carbocycles. The Kier molecular flexibility index (Phi) is 3.52. The predicted octanol–water partition coefficient (Wildman–Crippen LogP) is 3.94. The average molecular weight is 291 g/mol. The van der Waals surface area contributed by atoms with Gasteiger partial charge in [0.1, 0.15) is 0 Å². The fourth-order valence-corrected chi connectivity index (χ4v) is 4.70. The van der Waals surface area contributed by atoms with Crippen LogP contribution in [0.4, 0.5) is 0 Å². The second kappa shape index (κ2) is 5.53. The SMILES string of the molecule is CCC1CCC2=c3ccccc3=NCC3=CC=CCC32CC1. The molecule has 1 aromatic rings. The van der Waals surface area contributed by atoms with Crippen molar-refractivity contribution in [1.29, 1.82) is 0 Å². The Balaban J connectivity index is 1.99. The fraction of sp³-hybridized carbons (Fsp3) is 0.476. The normalized spacial score (nSPS) is 30.1. The van der Waals surface area contributed by atoms with Crippen LogP contribution in [-0.2, 0) is 0 Å². The zero-order valence-corrected chi connectivity index (χ0v) is 13.5. The van der Waals surface area contributed by atoms with Crippen LogP contribution in [0.25, 0.3) is 5.57 Å². The van der Waals surface area contributed by atoms with Crippen molar-refractivity contribution in [2.45, 2.75) is 45.4 Å². The first-order chi connectivity index (χ1) is 10.8. The first-order valence-corrected chi connectivity index (χ1v) is 8.83. The van der Waals surface area contributed by atoms with Gasteiger partial charge in [-0.2, -0.15) is 0 Å². The van der Waals surface area contributed by atoms with Gasteiger partial charge in [0.15, 0.2) is 0 Å². The molecule has 0 N–H and O–H groups in total. The Morgan fingerprint density at radius 1 is 1.23 bits per heavy atom. The number of benzene rings is 1. The van der Waals surface area contributed by atoms with E-state index in [1.807, 2.05) is 0 Å². The maximum absolute atomic E-state index is 4.94. The standard InChI is InChI=1S/C21H25N/c1-2-16-10-11-19-18-8-3-4-9-20(18)22-15-17-7-5-6-13-21(17,19)14-12-16/h3-9,16H,2,10-15H2,1H3. The van der Waals surface area contributed by atoms with Crippen LogP contribution in [0, 0.1) is 11.3 Å². The Hall–Kier alpha value is -1.63. The molecule has 0 aromatic heterocycles. The van der Waals surface area contributed by atoms with Crippen LogP contribution in [0.3, 0.4) is 0 Å². The molecule has 0 amide bonds. The van der Waals surface area contributed by atoms with Gasteiger partial charge in [-0.25, -0.2) is 0 Å². The van der Waals surface area contributed by atoms with Crippen molar-refractivity contribution in [2.24, 2.45) is 16.3 Å².